The van der Waals surface area contributed by atoms with Crippen LogP contribution < -0.4 is 15.2 Å². The smallest absolute Gasteiger partial charge is 0.421 e. The van der Waals surface area contributed by atoms with Crippen molar-refractivity contribution in [1.29, 1.82) is 5.41 Å². The largest absolute Gasteiger partial charge is 0.449 e. The minimum atomic E-state index is -4.05. The van der Waals surface area contributed by atoms with Gasteiger partial charge in [0.05, 0.1) is 12.6 Å². The van der Waals surface area contributed by atoms with E-state index in [1.165, 1.54) is 0 Å². The van der Waals surface area contributed by atoms with E-state index < -0.39 is 22.3 Å². The van der Waals surface area contributed by atoms with Crippen LogP contribution in [0.1, 0.15) is 20.3 Å². The molecule has 94 valence electrons. The van der Waals surface area contributed by atoms with Gasteiger partial charge in [-0.1, -0.05) is 6.92 Å². The van der Waals surface area contributed by atoms with E-state index >= 15 is 0 Å². The molecule has 0 heterocycles. The first-order valence-corrected chi connectivity index (χ1v) is 6.11. The number of ether oxygens (including phenoxy) is 1. The summed E-state index contributed by atoms with van der Waals surface area (Å²) in [5.74, 6) is -0.322. The zero-order valence-corrected chi connectivity index (χ0v) is 9.93. The maximum atomic E-state index is 11.3. The molecule has 0 saturated carbocycles. The highest BCUT2D eigenvalue weighted by molar-refractivity contribution is 7.88. The fourth-order valence-electron chi connectivity index (χ4n) is 0.854. The average molecular weight is 252 g/mol. The Morgan fingerprint density at radius 3 is 2.44 bits per heavy atom. The summed E-state index contributed by atoms with van der Waals surface area (Å²) < 4.78 is 30.7. The molecule has 0 fully saturated rings. The summed E-state index contributed by atoms with van der Waals surface area (Å²) in [6.45, 7) is 3.26. The number of nitrogens with two attached hydrogens (primary N) is 1. The summed E-state index contributed by atoms with van der Waals surface area (Å²) >= 11 is 0. The third kappa shape index (κ3) is 5.51. The van der Waals surface area contributed by atoms with Gasteiger partial charge in [-0.05, 0) is 13.3 Å². The van der Waals surface area contributed by atoms with Crippen molar-refractivity contribution < 1.29 is 17.9 Å². The van der Waals surface area contributed by atoms with Crippen LogP contribution in [-0.4, -0.2) is 33.0 Å². The summed E-state index contributed by atoms with van der Waals surface area (Å²) in [5.41, 5.74) is 5.16. The highest BCUT2D eigenvalue weighted by atomic mass is 32.2. The molecule has 0 aliphatic rings. The fraction of sp³-hybridized carbons (Fsp3) is 0.714. The van der Waals surface area contributed by atoms with Gasteiger partial charge in [0, 0.05) is 0 Å². The minimum absolute atomic E-state index is 0.0608. The molecule has 16 heavy (non-hydrogen) atoms. The molecule has 1 unspecified atom stereocenters. The highest BCUT2D eigenvalue weighted by Crippen LogP contribution is 1.93. The van der Waals surface area contributed by atoms with Crippen molar-refractivity contribution in [2.45, 2.75) is 26.3 Å². The lowest BCUT2D eigenvalue weighted by Gasteiger charge is -2.15. The molecule has 0 rings (SSSR count). The van der Waals surface area contributed by atoms with E-state index in [1.807, 2.05) is 4.72 Å². The van der Waals surface area contributed by atoms with Crippen LogP contribution in [0.4, 0.5) is 4.79 Å². The second-order valence-electron chi connectivity index (χ2n) is 2.86. The number of carbonyl (C=O) groups excluding carboxylic acids is 1. The van der Waals surface area contributed by atoms with Crippen molar-refractivity contribution in [2.24, 2.45) is 5.73 Å². The first-order chi connectivity index (χ1) is 7.32. The summed E-state index contributed by atoms with van der Waals surface area (Å²) in [7, 11) is -4.05. The average Bonchev–Trinajstić information content (AvgIpc) is 2.13. The highest BCUT2D eigenvalue weighted by Gasteiger charge is 2.20. The van der Waals surface area contributed by atoms with Gasteiger partial charge in [-0.2, -0.15) is 13.1 Å². The first kappa shape index (κ1) is 14.6. The van der Waals surface area contributed by atoms with Crippen LogP contribution >= 0.6 is 0 Å². The molecular formula is C7H16N4O4S. The van der Waals surface area contributed by atoms with Gasteiger partial charge in [0.1, 0.15) is 5.84 Å². The van der Waals surface area contributed by atoms with Crippen molar-refractivity contribution in [3.8, 4) is 0 Å². The Morgan fingerprint density at radius 2 is 2.06 bits per heavy atom. The Balaban J connectivity index is 4.45. The molecule has 0 saturated heterocycles. The maximum absolute atomic E-state index is 11.3. The van der Waals surface area contributed by atoms with Crippen molar-refractivity contribution >= 4 is 22.1 Å². The third-order valence-corrected chi connectivity index (χ3v) is 2.60. The van der Waals surface area contributed by atoms with Gasteiger partial charge < -0.3 is 10.5 Å². The molecule has 1 atom stereocenters. The molecule has 5 N–H and O–H groups in total. The SMILES string of the molecule is CCOC(=O)NS(=O)(=O)NC(CC)C(=N)N. The van der Waals surface area contributed by atoms with E-state index in [4.69, 9.17) is 11.1 Å². The van der Waals surface area contributed by atoms with Crippen LogP contribution in [0.3, 0.4) is 0 Å². The van der Waals surface area contributed by atoms with Gasteiger partial charge in [-0.15, -0.1) is 0 Å². The fourth-order valence-corrected chi connectivity index (χ4v) is 1.86. The Labute approximate surface area is 94.2 Å². The van der Waals surface area contributed by atoms with Gasteiger partial charge in [0.2, 0.25) is 0 Å². The molecule has 0 aliphatic heterocycles. The second kappa shape index (κ2) is 6.28. The van der Waals surface area contributed by atoms with E-state index in [0.29, 0.717) is 6.42 Å². The van der Waals surface area contributed by atoms with Crippen molar-refractivity contribution in [1.82, 2.24) is 9.44 Å². The number of nitrogens with one attached hydrogen (secondary N) is 3. The van der Waals surface area contributed by atoms with E-state index in [0.717, 1.165) is 0 Å². The molecule has 0 spiro atoms. The van der Waals surface area contributed by atoms with Gasteiger partial charge in [-0.25, -0.2) is 9.52 Å². The Hall–Kier alpha value is -1.35. The quantitative estimate of drug-likeness (QED) is 0.365. The van der Waals surface area contributed by atoms with E-state index in [9.17, 15) is 13.2 Å². The zero-order chi connectivity index (χ0) is 12.8. The number of hydrogen-bond acceptors (Lipinski definition) is 5. The molecule has 0 radical (unpaired) electrons. The Morgan fingerprint density at radius 1 is 1.50 bits per heavy atom. The standard InChI is InChI=1S/C7H16N4O4S/c1-3-5(6(8)9)10-16(13,14)11-7(12)15-4-2/h5,10H,3-4H2,1-2H3,(H3,8,9)(H,11,12). The van der Waals surface area contributed by atoms with E-state index in [1.54, 1.807) is 18.6 Å². The molecule has 0 aromatic heterocycles. The molecule has 0 bridgehead atoms. The zero-order valence-electron chi connectivity index (χ0n) is 9.11. The first-order valence-electron chi connectivity index (χ1n) is 4.63. The number of hydrogen-bond donors (Lipinski definition) is 4. The molecule has 0 aliphatic carbocycles. The van der Waals surface area contributed by atoms with E-state index in [-0.39, 0.29) is 12.4 Å². The monoisotopic (exact) mass is 252 g/mol. The summed E-state index contributed by atoms with van der Waals surface area (Å²) in [6, 6.07) is -0.841. The topological polar surface area (TPSA) is 134 Å². The number of amides is 1. The minimum Gasteiger partial charge on any atom is -0.449 e. The van der Waals surface area contributed by atoms with Crippen LogP contribution in [0.2, 0.25) is 0 Å². The van der Waals surface area contributed by atoms with Crippen LogP contribution in [0.25, 0.3) is 0 Å². The summed E-state index contributed by atoms with van der Waals surface area (Å²) in [6.07, 6.45) is -0.771. The lowest BCUT2D eigenvalue weighted by Crippen LogP contribution is -2.49. The van der Waals surface area contributed by atoms with Gasteiger partial charge in [-0.3, -0.25) is 5.41 Å². The van der Waals surface area contributed by atoms with Crippen LogP contribution in [-0.2, 0) is 14.9 Å². The summed E-state index contributed by atoms with van der Waals surface area (Å²) in [4.78, 5) is 10.9. The molecule has 9 heteroatoms. The molecule has 0 aromatic rings. The maximum Gasteiger partial charge on any atom is 0.421 e. The lowest BCUT2D eigenvalue weighted by atomic mass is 10.2. The summed E-state index contributed by atoms with van der Waals surface area (Å²) in [5, 5.41) is 7.10. The van der Waals surface area contributed by atoms with Crippen LogP contribution in [0.15, 0.2) is 0 Å². The van der Waals surface area contributed by atoms with Crippen molar-refractivity contribution in [3.63, 3.8) is 0 Å². The van der Waals surface area contributed by atoms with Crippen LogP contribution in [0.5, 0.6) is 0 Å². The number of rotatable bonds is 6. The predicted octanol–water partition coefficient (Wildman–Crippen LogP) is -0.719. The predicted molar refractivity (Wildman–Crippen MR) is 58.2 cm³/mol. The van der Waals surface area contributed by atoms with Crippen LogP contribution in [0, 0.1) is 5.41 Å². The second-order valence-corrected chi connectivity index (χ2v) is 4.31. The van der Waals surface area contributed by atoms with Gasteiger partial charge >= 0.3 is 16.3 Å². The Kier molecular flexibility index (Phi) is 5.75. The van der Waals surface area contributed by atoms with E-state index in [2.05, 4.69) is 4.74 Å². The molecule has 0 aromatic carbocycles. The Bertz CT molecular complexity index is 353. The van der Waals surface area contributed by atoms with Gasteiger partial charge in [0.25, 0.3) is 0 Å². The number of carbonyl (C=O) groups is 1. The molecule has 1 amide bonds. The molecule has 8 nitrogen and oxygen atoms in total. The van der Waals surface area contributed by atoms with Gasteiger partial charge in [0.15, 0.2) is 0 Å². The number of amidine groups is 1. The lowest BCUT2D eigenvalue weighted by molar-refractivity contribution is 0.158. The van der Waals surface area contributed by atoms with Crippen molar-refractivity contribution in [2.75, 3.05) is 6.61 Å². The van der Waals surface area contributed by atoms with Crippen molar-refractivity contribution in [3.05, 3.63) is 0 Å². The molecular weight excluding hydrogens is 236 g/mol. The third-order valence-electron chi connectivity index (χ3n) is 1.57. The normalized spacial score (nSPS) is 12.9.